The first-order valence-electron chi connectivity index (χ1n) is 16.4. The fourth-order valence-electron chi connectivity index (χ4n) is 6.00. The lowest BCUT2D eigenvalue weighted by Gasteiger charge is -2.39. The second-order valence-corrected chi connectivity index (χ2v) is 12.8. The van der Waals surface area contributed by atoms with Crippen LogP contribution in [-0.2, 0) is 22.7 Å². The van der Waals surface area contributed by atoms with Crippen LogP contribution in [0.4, 0.5) is 25.4 Å². The average Bonchev–Trinajstić information content (AvgIpc) is 3.94. The molecule has 1 aliphatic carbocycles. The summed E-state index contributed by atoms with van der Waals surface area (Å²) in [6, 6.07) is 17.1. The van der Waals surface area contributed by atoms with E-state index < -0.39 is 35.4 Å². The molecule has 6 rings (SSSR count). The maximum atomic E-state index is 14.3. The molecule has 2 heterocycles. The van der Waals surface area contributed by atoms with Gasteiger partial charge in [0.05, 0.1) is 23.0 Å². The highest BCUT2D eigenvalue weighted by Gasteiger charge is 2.38. The number of amides is 4. The predicted octanol–water partition coefficient (Wildman–Crippen LogP) is 4.66. The quantitative estimate of drug-likeness (QED) is 0.274. The first-order chi connectivity index (χ1) is 24.0. The van der Waals surface area contributed by atoms with Crippen molar-refractivity contribution in [2.75, 3.05) is 30.3 Å². The molecular weight excluding hydrogens is 645 g/mol. The number of fused-ring (bicyclic) bond motifs is 1. The van der Waals surface area contributed by atoms with Gasteiger partial charge in [-0.05, 0) is 74.6 Å². The minimum absolute atomic E-state index is 0.0372. The third kappa shape index (κ3) is 7.21. The Bertz CT molecular complexity index is 2120. The molecule has 14 heteroatoms. The van der Waals surface area contributed by atoms with Crippen molar-refractivity contribution in [2.45, 2.75) is 51.9 Å². The highest BCUT2D eigenvalue weighted by atomic mass is 19.1. The monoisotopic (exact) mass is 681 g/mol. The number of aromatic nitrogens is 2. The van der Waals surface area contributed by atoms with E-state index in [2.05, 4.69) is 10.6 Å². The Kier molecular flexibility index (Phi) is 9.67. The van der Waals surface area contributed by atoms with Crippen LogP contribution in [0.2, 0.25) is 0 Å². The van der Waals surface area contributed by atoms with Crippen LogP contribution in [-0.4, -0.2) is 62.6 Å². The van der Waals surface area contributed by atoms with Gasteiger partial charge in [0.2, 0.25) is 5.91 Å². The lowest BCUT2D eigenvalue weighted by molar-refractivity contribution is -0.122. The molecule has 50 heavy (non-hydrogen) atoms. The van der Waals surface area contributed by atoms with Crippen molar-refractivity contribution in [1.82, 2.24) is 18.9 Å². The first-order valence-corrected chi connectivity index (χ1v) is 16.4. The van der Waals surface area contributed by atoms with E-state index in [1.165, 1.54) is 32.6 Å². The first kappa shape index (κ1) is 33.9. The summed E-state index contributed by atoms with van der Waals surface area (Å²) in [4.78, 5) is 69.8. The second kappa shape index (κ2) is 14.3. The van der Waals surface area contributed by atoms with Crippen LogP contribution < -0.4 is 21.9 Å². The van der Waals surface area contributed by atoms with Gasteiger partial charge in [0.15, 0.2) is 0 Å². The van der Waals surface area contributed by atoms with Gasteiger partial charge < -0.3 is 20.3 Å². The summed E-state index contributed by atoms with van der Waals surface area (Å²) in [7, 11) is 0. The zero-order chi connectivity index (χ0) is 35.5. The van der Waals surface area contributed by atoms with Crippen LogP contribution in [0, 0.1) is 23.1 Å². The Morgan fingerprint density at radius 1 is 0.980 bits per heavy atom. The molecule has 1 aliphatic heterocycles. The number of piperazine rings is 1. The third-order valence-corrected chi connectivity index (χ3v) is 8.84. The van der Waals surface area contributed by atoms with Crippen molar-refractivity contribution < 1.29 is 23.5 Å². The number of urea groups is 1. The van der Waals surface area contributed by atoms with Crippen molar-refractivity contribution in [3.63, 3.8) is 0 Å². The van der Waals surface area contributed by atoms with Crippen LogP contribution >= 0.6 is 0 Å². The largest absolute Gasteiger partial charge is 0.445 e. The van der Waals surface area contributed by atoms with Gasteiger partial charge in [-0.15, -0.1) is 0 Å². The summed E-state index contributed by atoms with van der Waals surface area (Å²) in [5.41, 5.74) is 0.585. The predicted molar refractivity (Wildman–Crippen MR) is 183 cm³/mol. The summed E-state index contributed by atoms with van der Waals surface area (Å²) >= 11 is 0. The number of carbonyl (C=O) groups is 3. The molecule has 1 saturated carbocycles. The summed E-state index contributed by atoms with van der Waals surface area (Å²) in [6.07, 6.45) is 1.15. The summed E-state index contributed by atoms with van der Waals surface area (Å²) in [6.45, 7) is 3.80. The van der Waals surface area contributed by atoms with E-state index in [0.29, 0.717) is 17.7 Å². The second-order valence-electron chi connectivity index (χ2n) is 12.8. The highest BCUT2D eigenvalue weighted by Crippen LogP contribution is 2.30. The van der Waals surface area contributed by atoms with E-state index in [1.807, 2.05) is 19.9 Å². The van der Waals surface area contributed by atoms with Crippen molar-refractivity contribution in [2.24, 2.45) is 5.92 Å². The molecule has 13 nitrogen and oxygen atoms in total. The number of ether oxygens (including phenoxy) is 1. The number of anilines is 2. The van der Waals surface area contributed by atoms with Crippen molar-refractivity contribution in [3.05, 3.63) is 105 Å². The molecule has 1 unspecified atom stereocenters. The Morgan fingerprint density at radius 2 is 1.70 bits per heavy atom. The molecule has 1 aromatic heterocycles. The zero-order valence-electron chi connectivity index (χ0n) is 27.6. The van der Waals surface area contributed by atoms with E-state index in [1.54, 1.807) is 47.0 Å². The molecule has 0 radical (unpaired) electrons. The normalized spacial score (nSPS) is 15.9. The Labute approximate surface area is 286 Å². The minimum Gasteiger partial charge on any atom is -0.445 e. The van der Waals surface area contributed by atoms with Crippen LogP contribution in [0.3, 0.4) is 0 Å². The molecule has 1 atom stereocenters. The van der Waals surface area contributed by atoms with Crippen LogP contribution in [0.25, 0.3) is 10.9 Å². The number of benzene rings is 3. The van der Waals surface area contributed by atoms with Gasteiger partial charge in [-0.25, -0.2) is 18.8 Å². The molecule has 3 aromatic carbocycles. The molecule has 258 valence electrons. The van der Waals surface area contributed by atoms with E-state index in [4.69, 9.17) is 10.00 Å². The van der Waals surface area contributed by atoms with Crippen LogP contribution in [0.5, 0.6) is 0 Å². The number of nitrogens with zero attached hydrogens (tertiary/aromatic N) is 5. The maximum absolute atomic E-state index is 14.3. The van der Waals surface area contributed by atoms with Crippen LogP contribution in [0.15, 0.2) is 76.3 Å². The summed E-state index contributed by atoms with van der Waals surface area (Å²) in [5, 5.41) is 14.7. The standard InChI is InChI=1S/C36H36FN7O6/c1-22(2)44-30-13-12-26(16-28(30)33(46)43(35(44)48)19-23-8-9-23)40-34(47)41-14-15-42(36(49)50-21-24-6-4-3-5-7-24)31(20-41)32(45)39-27-11-10-25(18-38)29(37)17-27/h3-7,10-13,16-17,22-23,31H,8-9,14-15,19-21H2,1-2H3,(H,39,45)(H,40,47). The highest BCUT2D eigenvalue weighted by molar-refractivity contribution is 5.98. The van der Waals surface area contributed by atoms with Gasteiger partial charge in [-0.3, -0.25) is 23.6 Å². The molecule has 1 saturated heterocycles. The molecule has 0 spiro atoms. The molecule has 4 amide bonds. The van der Waals surface area contributed by atoms with Gasteiger partial charge in [0, 0.05) is 37.1 Å². The van der Waals surface area contributed by atoms with Gasteiger partial charge >= 0.3 is 17.8 Å². The fraction of sp³-hybridized carbons (Fsp3) is 0.333. The molecule has 2 N–H and O–H groups in total. The van der Waals surface area contributed by atoms with Gasteiger partial charge in [0.1, 0.15) is 24.5 Å². The maximum Gasteiger partial charge on any atom is 0.410 e. The molecule has 2 aliphatic rings. The smallest absolute Gasteiger partial charge is 0.410 e. The molecule has 4 aromatic rings. The summed E-state index contributed by atoms with van der Waals surface area (Å²) in [5.74, 6) is -1.23. The Hall–Kier alpha value is -5.97. The number of nitrogens with one attached hydrogen (secondary N) is 2. The van der Waals surface area contributed by atoms with Gasteiger partial charge in [0.25, 0.3) is 5.56 Å². The Balaban J connectivity index is 1.23. The SMILES string of the molecule is CC(C)n1c(=O)n(CC2CC2)c(=O)c2cc(NC(=O)N3CCN(C(=O)OCc4ccccc4)C(C(=O)Nc4ccc(C#N)c(F)c4)C3)ccc21. The van der Waals surface area contributed by atoms with Gasteiger partial charge in [-0.2, -0.15) is 5.26 Å². The average molecular weight is 682 g/mol. The van der Waals surface area contributed by atoms with Gasteiger partial charge in [-0.1, -0.05) is 30.3 Å². The zero-order valence-corrected chi connectivity index (χ0v) is 27.6. The lowest BCUT2D eigenvalue weighted by atomic mass is 10.1. The number of carbonyl (C=O) groups excluding carboxylic acids is 3. The topological polar surface area (TPSA) is 159 Å². The number of rotatable bonds is 8. The molecular formula is C36H36FN7O6. The summed E-state index contributed by atoms with van der Waals surface area (Å²) < 4.78 is 22.7. The third-order valence-electron chi connectivity index (χ3n) is 8.84. The lowest BCUT2D eigenvalue weighted by Crippen LogP contribution is -2.61. The number of hydrogen-bond donors (Lipinski definition) is 2. The fourth-order valence-corrected chi connectivity index (χ4v) is 6.00. The number of hydrogen-bond acceptors (Lipinski definition) is 7. The van der Waals surface area contributed by atoms with Crippen LogP contribution in [0.1, 0.15) is 43.9 Å². The van der Waals surface area contributed by atoms with Crippen molar-refractivity contribution >= 4 is 40.3 Å². The Morgan fingerprint density at radius 3 is 2.38 bits per heavy atom. The van der Waals surface area contributed by atoms with E-state index in [-0.39, 0.29) is 60.5 Å². The minimum atomic E-state index is -1.22. The van der Waals surface area contributed by atoms with Crippen molar-refractivity contribution in [3.8, 4) is 6.07 Å². The number of nitriles is 1. The molecule has 2 fully saturated rings. The van der Waals surface area contributed by atoms with Crippen molar-refractivity contribution in [1.29, 1.82) is 5.26 Å². The number of halogens is 1. The van der Waals surface area contributed by atoms with E-state index >= 15 is 0 Å². The molecule has 0 bridgehead atoms. The van der Waals surface area contributed by atoms with E-state index in [0.717, 1.165) is 24.5 Å². The van der Waals surface area contributed by atoms with E-state index in [9.17, 15) is 28.4 Å².